The first kappa shape index (κ1) is 14.1. The molecule has 3 aromatic rings. The molecule has 2 aromatic heterocycles. The molecule has 2 heterocycles. The summed E-state index contributed by atoms with van der Waals surface area (Å²) in [5.41, 5.74) is 2.31. The average Bonchev–Trinajstić information content (AvgIpc) is 2.77. The van der Waals surface area contributed by atoms with Crippen LogP contribution in [0.4, 0.5) is 10.2 Å². The summed E-state index contributed by atoms with van der Waals surface area (Å²) in [4.78, 5) is 19.2. The smallest absolute Gasteiger partial charge is 0.230 e. The molecule has 0 bridgehead atoms. The number of H-pyrrole nitrogens is 1. The number of hydrogen-bond donors (Lipinski definition) is 3. The number of halogens is 1. The summed E-state index contributed by atoms with van der Waals surface area (Å²) >= 11 is 0. The minimum atomic E-state index is -0.351. The van der Waals surface area contributed by atoms with E-state index in [9.17, 15) is 14.3 Å². The van der Waals surface area contributed by atoms with E-state index in [0.29, 0.717) is 5.39 Å². The standard InChI is InChI=1S/C16H14FN3O2/c1-9-11(12-7-10(17)4-5-13(12)19-9)8-15(22)20-16-14(21)3-2-6-18-16/h2-7,19,21H,8H2,1H3,(H,18,20,22). The number of pyridine rings is 1. The fraction of sp³-hybridized carbons (Fsp3) is 0.125. The van der Waals surface area contributed by atoms with Crippen LogP contribution in [-0.2, 0) is 11.2 Å². The van der Waals surface area contributed by atoms with E-state index in [4.69, 9.17) is 0 Å². The zero-order valence-electron chi connectivity index (χ0n) is 11.9. The van der Waals surface area contributed by atoms with Crippen molar-refractivity contribution in [3.8, 4) is 5.75 Å². The molecule has 0 spiro atoms. The Bertz CT molecular complexity index is 858. The van der Waals surface area contributed by atoms with Crippen LogP contribution < -0.4 is 5.32 Å². The maximum atomic E-state index is 13.4. The first-order chi connectivity index (χ1) is 10.5. The summed E-state index contributed by atoms with van der Waals surface area (Å²) in [5.74, 6) is -0.675. The summed E-state index contributed by atoms with van der Waals surface area (Å²) in [6.07, 6.45) is 1.53. The number of aromatic nitrogens is 2. The van der Waals surface area contributed by atoms with Crippen LogP contribution in [0.3, 0.4) is 0 Å². The largest absolute Gasteiger partial charge is 0.504 e. The Kier molecular flexibility index (Phi) is 3.50. The number of carbonyl (C=O) groups excluding carboxylic acids is 1. The highest BCUT2D eigenvalue weighted by molar-refractivity contribution is 5.96. The van der Waals surface area contributed by atoms with Crippen molar-refractivity contribution < 1.29 is 14.3 Å². The van der Waals surface area contributed by atoms with Crippen molar-refractivity contribution in [2.45, 2.75) is 13.3 Å². The third-order valence-electron chi connectivity index (χ3n) is 3.46. The molecule has 112 valence electrons. The quantitative estimate of drug-likeness (QED) is 0.696. The van der Waals surface area contributed by atoms with E-state index in [1.807, 2.05) is 6.92 Å². The summed E-state index contributed by atoms with van der Waals surface area (Å²) in [7, 11) is 0. The predicted octanol–water partition coefficient (Wildman–Crippen LogP) is 2.90. The average molecular weight is 299 g/mol. The lowest BCUT2D eigenvalue weighted by molar-refractivity contribution is -0.115. The van der Waals surface area contributed by atoms with Crippen LogP contribution in [0.1, 0.15) is 11.3 Å². The Morgan fingerprint density at radius 2 is 2.23 bits per heavy atom. The molecule has 22 heavy (non-hydrogen) atoms. The van der Waals surface area contributed by atoms with Crippen molar-refractivity contribution in [1.82, 2.24) is 9.97 Å². The van der Waals surface area contributed by atoms with E-state index >= 15 is 0 Å². The van der Waals surface area contributed by atoms with E-state index in [1.165, 1.54) is 24.4 Å². The molecular formula is C16H14FN3O2. The van der Waals surface area contributed by atoms with Gasteiger partial charge < -0.3 is 15.4 Å². The van der Waals surface area contributed by atoms with Gasteiger partial charge in [0.2, 0.25) is 5.91 Å². The highest BCUT2D eigenvalue weighted by Gasteiger charge is 2.14. The number of nitrogens with one attached hydrogen (secondary N) is 2. The van der Waals surface area contributed by atoms with E-state index in [-0.39, 0.29) is 29.7 Å². The normalized spacial score (nSPS) is 10.8. The molecule has 0 atom stereocenters. The Balaban J connectivity index is 1.87. The second-order valence-corrected chi connectivity index (χ2v) is 5.01. The van der Waals surface area contributed by atoms with Crippen LogP contribution in [0.25, 0.3) is 10.9 Å². The van der Waals surface area contributed by atoms with Gasteiger partial charge in [-0.05, 0) is 42.8 Å². The fourth-order valence-electron chi connectivity index (χ4n) is 2.41. The number of hydrogen-bond acceptors (Lipinski definition) is 3. The SMILES string of the molecule is Cc1[nH]c2ccc(F)cc2c1CC(=O)Nc1ncccc1O. The Morgan fingerprint density at radius 3 is 3.00 bits per heavy atom. The molecule has 0 aliphatic heterocycles. The third kappa shape index (κ3) is 2.63. The van der Waals surface area contributed by atoms with Crippen molar-refractivity contribution in [3.05, 3.63) is 53.6 Å². The maximum Gasteiger partial charge on any atom is 0.230 e. The summed E-state index contributed by atoms with van der Waals surface area (Å²) in [5, 5.41) is 12.8. The number of aromatic amines is 1. The van der Waals surface area contributed by atoms with Crippen LogP contribution in [0, 0.1) is 12.7 Å². The summed E-state index contributed by atoms with van der Waals surface area (Å²) in [6, 6.07) is 7.42. The molecule has 0 aliphatic rings. The second kappa shape index (κ2) is 5.48. The Labute approximate surface area is 125 Å². The van der Waals surface area contributed by atoms with Gasteiger partial charge in [0, 0.05) is 22.8 Å². The second-order valence-electron chi connectivity index (χ2n) is 5.01. The number of amides is 1. The number of rotatable bonds is 3. The lowest BCUT2D eigenvalue weighted by Crippen LogP contribution is -2.15. The van der Waals surface area contributed by atoms with E-state index < -0.39 is 0 Å². The molecule has 1 amide bonds. The number of nitrogens with zero attached hydrogens (tertiary/aromatic N) is 1. The minimum Gasteiger partial charge on any atom is -0.504 e. The highest BCUT2D eigenvalue weighted by atomic mass is 19.1. The van der Waals surface area contributed by atoms with E-state index in [0.717, 1.165) is 16.8 Å². The van der Waals surface area contributed by atoms with Gasteiger partial charge in [-0.1, -0.05) is 0 Å². The molecule has 3 rings (SSSR count). The maximum absolute atomic E-state index is 13.4. The third-order valence-corrected chi connectivity index (χ3v) is 3.46. The van der Waals surface area contributed by atoms with E-state index in [2.05, 4.69) is 15.3 Å². The molecule has 0 fully saturated rings. The van der Waals surface area contributed by atoms with Crippen LogP contribution in [-0.4, -0.2) is 21.0 Å². The molecule has 0 aliphatic carbocycles. The van der Waals surface area contributed by atoms with Gasteiger partial charge in [-0.3, -0.25) is 4.79 Å². The summed E-state index contributed by atoms with van der Waals surface area (Å²) < 4.78 is 13.4. The topological polar surface area (TPSA) is 78.0 Å². The monoisotopic (exact) mass is 299 g/mol. The van der Waals surface area contributed by atoms with Gasteiger partial charge in [0.25, 0.3) is 0 Å². The van der Waals surface area contributed by atoms with Gasteiger partial charge in [0.1, 0.15) is 5.82 Å². The predicted molar refractivity (Wildman–Crippen MR) is 81.2 cm³/mol. The molecule has 0 saturated carbocycles. The van der Waals surface area contributed by atoms with Crippen molar-refractivity contribution >= 4 is 22.6 Å². The highest BCUT2D eigenvalue weighted by Crippen LogP contribution is 2.24. The van der Waals surface area contributed by atoms with Crippen LogP contribution in [0.2, 0.25) is 0 Å². The van der Waals surface area contributed by atoms with Gasteiger partial charge in [-0.25, -0.2) is 9.37 Å². The minimum absolute atomic E-state index is 0.0608. The fourth-order valence-corrected chi connectivity index (χ4v) is 2.41. The molecule has 5 nitrogen and oxygen atoms in total. The van der Waals surface area contributed by atoms with Gasteiger partial charge in [0.05, 0.1) is 6.42 Å². The summed E-state index contributed by atoms with van der Waals surface area (Å²) in [6.45, 7) is 1.83. The van der Waals surface area contributed by atoms with E-state index in [1.54, 1.807) is 12.1 Å². The van der Waals surface area contributed by atoms with Gasteiger partial charge in [-0.2, -0.15) is 0 Å². The lowest BCUT2D eigenvalue weighted by Gasteiger charge is -2.06. The number of benzene rings is 1. The molecule has 6 heteroatoms. The van der Waals surface area contributed by atoms with Crippen molar-refractivity contribution in [2.24, 2.45) is 0 Å². The first-order valence-electron chi connectivity index (χ1n) is 6.75. The zero-order chi connectivity index (χ0) is 15.7. The molecular weight excluding hydrogens is 285 g/mol. The Hall–Kier alpha value is -2.89. The lowest BCUT2D eigenvalue weighted by atomic mass is 10.1. The number of fused-ring (bicyclic) bond motifs is 1. The number of aryl methyl sites for hydroxylation is 1. The Morgan fingerprint density at radius 1 is 1.41 bits per heavy atom. The number of carbonyl (C=O) groups is 1. The van der Waals surface area contributed by atoms with Crippen molar-refractivity contribution in [1.29, 1.82) is 0 Å². The molecule has 0 unspecified atom stereocenters. The van der Waals surface area contributed by atoms with Crippen LogP contribution in [0.15, 0.2) is 36.5 Å². The van der Waals surface area contributed by atoms with Gasteiger partial charge in [0.15, 0.2) is 11.6 Å². The number of anilines is 1. The van der Waals surface area contributed by atoms with Crippen molar-refractivity contribution in [3.63, 3.8) is 0 Å². The molecule has 3 N–H and O–H groups in total. The molecule has 1 aromatic carbocycles. The van der Waals surface area contributed by atoms with Crippen molar-refractivity contribution in [2.75, 3.05) is 5.32 Å². The molecule has 0 saturated heterocycles. The number of aromatic hydroxyl groups is 1. The van der Waals surface area contributed by atoms with Gasteiger partial charge in [-0.15, -0.1) is 0 Å². The molecule has 0 radical (unpaired) electrons. The van der Waals surface area contributed by atoms with Crippen LogP contribution >= 0.6 is 0 Å². The zero-order valence-corrected chi connectivity index (χ0v) is 11.9. The van der Waals surface area contributed by atoms with Gasteiger partial charge >= 0.3 is 0 Å². The van der Waals surface area contributed by atoms with Crippen LogP contribution in [0.5, 0.6) is 5.75 Å². The first-order valence-corrected chi connectivity index (χ1v) is 6.75.